The van der Waals surface area contributed by atoms with Crippen molar-refractivity contribution < 1.29 is 9.53 Å². The largest absolute Gasteiger partial charge is 0.494 e. The average molecular weight is 383 g/mol. The number of pyridine rings is 1. The van der Waals surface area contributed by atoms with E-state index < -0.39 is 0 Å². The van der Waals surface area contributed by atoms with Gasteiger partial charge in [-0.15, -0.1) is 0 Å². The first-order valence-electron chi connectivity index (χ1n) is 7.72. The zero-order chi connectivity index (χ0) is 16.7. The number of benzene rings is 2. The van der Waals surface area contributed by atoms with Gasteiger partial charge in [-0.25, -0.2) is 4.98 Å². The van der Waals surface area contributed by atoms with Crippen LogP contribution in [0.4, 0.5) is 5.82 Å². The van der Waals surface area contributed by atoms with Crippen LogP contribution in [-0.2, 0) is 6.42 Å². The lowest BCUT2D eigenvalue weighted by molar-refractivity contribution is 0.0988. The number of amides is 1. The minimum absolute atomic E-state index is 0.0389. The summed E-state index contributed by atoms with van der Waals surface area (Å²) >= 11 is 3.46. The van der Waals surface area contributed by atoms with Gasteiger partial charge in [-0.1, -0.05) is 24.3 Å². The Morgan fingerprint density at radius 1 is 1.21 bits per heavy atom. The van der Waals surface area contributed by atoms with Crippen LogP contribution in [-0.4, -0.2) is 24.5 Å². The summed E-state index contributed by atoms with van der Waals surface area (Å²) < 4.78 is 6.21. The van der Waals surface area contributed by atoms with Crippen LogP contribution in [0.5, 0.6) is 5.75 Å². The molecule has 0 atom stereocenters. The van der Waals surface area contributed by atoms with Gasteiger partial charge in [0.25, 0.3) is 5.91 Å². The molecule has 4 nitrogen and oxygen atoms in total. The summed E-state index contributed by atoms with van der Waals surface area (Å²) in [5.74, 6) is 1.41. The molecule has 0 unspecified atom stereocenters. The molecule has 1 aliphatic heterocycles. The molecule has 0 aliphatic carbocycles. The number of rotatable bonds is 2. The Kier molecular flexibility index (Phi) is 3.73. The van der Waals surface area contributed by atoms with Crippen LogP contribution in [0.25, 0.3) is 10.9 Å². The molecule has 5 heteroatoms. The smallest absolute Gasteiger partial charge is 0.260 e. The summed E-state index contributed by atoms with van der Waals surface area (Å²) in [6, 6.07) is 15.4. The van der Waals surface area contributed by atoms with E-state index in [4.69, 9.17) is 9.72 Å². The van der Waals surface area contributed by atoms with Crippen molar-refractivity contribution in [2.75, 3.05) is 18.6 Å². The van der Waals surface area contributed by atoms with Crippen LogP contribution in [0.3, 0.4) is 0 Å². The first-order chi connectivity index (χ1) is 11.7. The quantitative estimate of drug-likeness (QED) is 0.666. The van der Waals surface area contributed by atoms with Crippen LogP contribution in [0.1, 0.15) is 15.9 Å². The van der Waals surface area contributed by atoms with Gasteiger partial charge in [-0.2, -0.15) is 0 Å². The maximum absolute atomic E-state index is 12.9. The van der Waals surface area contributed by atoms with Gasteiger partial charge in [0.1, 0.15) is 17.1 Å². The molecule has 1 amide bonds. The van der Waals surface area contributed by atoms with Crippen LogP contribution < -0.4 is 9.64 Å². The number of halogens is 1. The second-order valence-electron chi connectivity index (χ2n) is 5.69. The third-order valence-electron chi connectivity index (χ3n) is 4.29. The van der Waals surface area contributed by atoms with Crippen molar-refractivity contribution in [3.05, 3.63) is 64.1 Å². The molecule has 0 spiro atoms. The number of para-hydroxylation sites is 1. The van der Waals surface area contributed by atoms with Crippen LogP contribution in [0.15, 0.2) is 53.0 Å². The summed E-state index contributed by atoms with van der Waals surface area (Å²) in [7, 11) is 1.63. The normalized spacial score (nSPS) is 13.2. The predicted molar refractivity (Wildman–Crippen MR) is 97.8 cm³/mol. The number of methoxy groups -OCH3 is 1. The molecule has 4 rings (SSSR count). The molecule has 0 radical (unpaired) electrons. The topological polar surface area (TPSA) is 42.4 Å². The van der Waals surface area contributed by atoms with E-state index in [1.165, 1.54) is 0 Å². The number of aromatic nitrogens is 1. The predicted octanol–water partition coefficient (Wildman–Crippen LogP) is 4.21. The highest BCUT2D eigenvalue weighted by atomic mass is 79.9. The molecule has 1 aliphatic rings. The Morgan fingerprint density at radius 2 is 2.04 bits per heavy atom. The van der Waals surface area contributed by atoms with Crippen molar-refractivity contribution in [1.29, 1.82) is 0 Å². The lowest BCUT2D eigenvalue weighted by Gasteiger charge is -2.18. The van der Waals surface area contributed by atoms with E-state index in [2.05, 4.69) is 22.0 Å². The molecule has 2 heterocycles. The fraction of sp³-hybridized carbons (Fsp3) is 0.158. The first kappa shape index (κ1) is 15.1. The zero-order valence-corrected chi connectivity index (χ0v) is 14.7. The van der Waals surface area contributed by atoms with Gasteiger partial charge in [0, 0.05) is 16.4 Å². The lowest BCUT2D eigenvalue weighted by Crippen LogP contribution is -2.29. The van der Waals surface area contributed by atoms with E-state index in [0.29, 0.717) is 12.1 Å². The van der Waals surface area contributed by atoms with Gasteiger partial charge in [0.2, 0.25) is 0 Å². The fourth-order valence-corrected chi connectivity index (χ4v) is 3.56. The average Bonchev–Trinajstić information content (AvgIpc) is 3.02. The summed E-state index contributed by atoms with van der Waals surface area (Å²) in [4.78, 5) is 19.4. The second kappa shape index (κ2) is 5.91. The maximum Gasteiger partial charge on any atom is 0.260 e. The standard InChI is InChI=1S/C19H15BrN2O2/c1-24-16-8-4-5-12-11-13-9-10-22(18(13)21-17(12)16)19(23)14-6-2-3-7-15(14)20/h2-8,11H,9-10H2,1H3. The molecule has 0 saturated carbocycles. The van der Waals surface area contributed by atoms with E-state index in [9.17, 15) is 4.79 Å². The minimum atomic E-state index is -0.0389. The van der Waals surface area contributed by atoms with Crippen molar-refractivity contribution in [3.8, 4) is 5.75 Å². The van der Waals surface area contributed by atoms with Crippen LogP contribution >= 0.6 is 15.9 Å². The summed E-state index contributed by atoms with van der Waals surface area (Å²) in [6.07, 6.45) is 0.811. The van der Waals surface area contributed by atoms with E-state index in [0.717, 1.165) is 38.9 Å². The molecule has 1 aromatic heterocycles. The fourth-order valence-electron chi connectivity index (χ4n) is 3.10. The second-order valence-corrected chi connectivity index (χ2v) is 6.54. The van der Waals surface area contributed by atoms with Gasteiger partial charge in [-0.3, -0.25) is 9.69 Å². The molecule has 0 N–H and O–H groups in total. The van der Waals surface area contributed by atoms with Gasteiger partial charge in [-0.05, 0) is 52.2 Å². The van der Waals surface area contributed by atoms with E-state index >= 15 is 0 Å². The third-order valence-corrected chi connectivity index (χ3v) is 4.99. The molecule has 24 heavy (non-hydrogen) atoms. The molecular formula is C19H15BrN2O2. The molecule has 120 valence electrons. The van der Waals surface area contributed by atoms with Gasteiger partial charge in [0.15, 0.2) is 0 Å². The zero-order valence-electron chi connectivity index (χ0n) is 13.1. The van der Waals surface area contributed by atoms with Crippen LogP contribution in [0.2, 0.25) is 0 Å². The number of carbonyl (C=O) groups excluding carboxylic acids is 1. The van der Waals surface area contributed by atoms with Crippen molar-refractivity contribution >= 4 is 38.6 Å². The number of carbonyl (C=O) groups is 1. The number of fused-ring (bicyclic) bond motifs is 2. The van der Waals surface area contributed by atoms with Crippen molar-refractivity contribution in [2.24, 2.45) is 0 Å². The summed E-state index contributed by atoms with van der Waals surface area (Å²) in [5.41, 5.74) is 2.52. The number of hydrogen-bond acceptors (Lipinski definition) is 3. The Labute approximate surface area is 148 Å². The third kappa shape index (κ3) is 2.36. The summed E-state index contributed by atoms with van der Waals surface area (Å²) in [5, 5.41) is 1.03. The van der Waals surface area contributed by atoms with E-state index in [1.54, 1.807) is 12.0 Å². The van der Waals surface area contributed by atoms with Crippen LogP contribution in [0, 0.1) is 0 Å². The molecule has 0 bridgehead atoms. The SMILES string of the molecule is COc1cccc2cc3c(nc12)N(C(=O)c1ccccc1Br)CC3. The molecular weight excluding hydrogens is 368 g/mol. The number of ether oxygens (including phenoxy) is 1. The van der Waals surface area contributed by atoms with Crippen molar-refractivity contribution in [2.45, 2.75) is 6.42 Å². The maximum atomic E-state index is 12.9. The number of nitrogens with zero attached hydrogens (tertiary/aromatic N) is 2. The monoisotopic (exact) mass is 382 g/mol. The number of hydrogen-bond donors (Lipinski definition) is 0. The Bertz CT molecular complexity index is 955. The lowest BCUT2D eigenvalue weighted by atomic mass is 10.1. The Balaban J connectivity index is 1.82. The minimum Gasteiger partial charge on any atom is -0.494 e. The molecule has 0 saturated heterocycles. The van der Waals surface area contributed by atoms with E-state index in [-0.39, 0.29) is 5.91 Å². The first-order valence-corrected chi connectivity index (χ1v) is 8.51. The highest BCUT2D eigenvalue weighted by Crippen LogP contribution is 2.34. The van der Waals surface area contributed by atoms with Gasteiger partial charge < -0.3 is 4.74 Å². The van der Waals surface area contributed by atoms with E-state index in [1.807, 2.05) is 42.5 Å². The van der Waals surface area contributed by atoms with Gasteiger partial charge in [0.05, 0.1) is 12.7 Å². The van der Waals surface area contributed by atoms with Gasteiger partial charge >= 0.3 is 0 Å². The Hall–Kier alpha value is -2.40. The molecule has 0 fully saturated rings. The molecule has 3 aromatic rings. The van der Waals surface area contributed by atoms with Crippen molar-refractivity contribution in [1.82, 2.24) is 4.98 Å². The van der Waals surface area contributed by atoms with Crippen molar-refractivity contribution in [3.63, 3.8) is 0 Å². The number of anilines is 1. The Morgan fingerprint density at radius 3 is 2.83 bits per heavy atom. The highest BCUT2D eigenvalue weighted by Gasteiger charge is 2.28. The summed E-state index contributed by atoms with van der Waals surface area (Å²) in [6.45, 7) is 0.640. The molecule has 2 aromatic carbocycles. The highest BCUT2D eigenvalue weighted by molar-refractivity contribution is 9.10.